The molecular weight excluding hydrogens is 440 g/mol. The summed E-state index contributed by atoms with van der Waals surface area (Å²) in [6, 6.07) is 0. The van der Waals surface area contributed by atoms with Gasteiger partial charge in [0.05, 0.1) is 13.2 Å². The normalized spacial score (nSPS) is 15.0. The van der Waals surface area contributed by atoms with Crippen LogP contribution in [0.5, 0.6) is 0 Å². The molecule has 0 aliphatic carbocycles. The first-order valence-corrected chi connectivity index (χ1v) is 13.6. The largest absolute Gasteiger partial charge is 2.00 e. The zero-order valence-electron chi connectivity index (χ0n) is 18.0. The zero-order chi connectivity index (χ0) is 20.3. The molecule has 0 aliphatic heterocycles. The van der Waals surface area contributed by atoms with E-state index in [1.807, 2.05) is 13.8 Å². The van der Waals surface area contributed by atoms with E-state index in [1.54, 1.807) is 0 Å². The van der Waals surface area contributed by atoms with Crippen LogP contribution in [0, 0.1) is 0 Å². The van der Waals surface area contributed by atoms with Gasteiger partial charge in [-0.25, -0.2) is 0 Å². The topological polar surface area (TPSA) is 98.7 Å². The van der Waals surface area contributed by atoms with E-state index in [0.29, 0.717) is 26.1 Å². The minimum Gasteiger partial charge on any atom is -0.778 e. The van der Waals surface area contributed by atoms with Crippen LogP contribution in [0.2, 0.25) is 0 Å². The van der Waals surface area contributed by atoms with Gasteiger partial charge in [0.25, 0.3) is 0 Å². The number of hydrogen-bond donors (Lipinski definition) is 0. The van der Waals surface area contributed by atoms with Crippen molar-refractivity contribution in [1.29, 1.82) is 0 Å². The van der Waals surface area contributed by atoms with Crippen molar-refractivity contribution in [2.24, 2.45) is 0 Å². The van der Waals surface area contributed by atoms with Gasteiger partial charge < -0.3 is 28.0 Å². The van der Waals surface area contributed by atoms with Gasteiger partial charge in [-0.15, -0.1) is 0 Å². The molecule has 0 rings (SSSR count). The molecule has 2 unspecified atom stereocenters. The molecule has 0 aromatic heterocycles. The Morgan fingerprint density at radius 3 is 1.15 bits per heavy atom. The first-order chi connectivity index (χ1) is 12.2. The van der Waals surface area contributed by atoms with Gasteiger partial charge in [-0.1, -0.05) is 66.2 Å². The Morgan fingerprint density at radius 2 is 0.889 bits per heavy atom. The van der Waals surface area contributed by atoms with Crippen molar-refractivity contribution in [1.82, 2.24) is 0 Å². The van der Waals surface area contributed by atoms with Crippen molar-refractivity contribution >= 4 is 15.2 Å². The molecule has 6 nitrogen and oxygen atoms in total. The summed E-state index contributed by atoms with van der Waals surface area (Å²) in [4.78, 5) is 22.3. The van der Waals surface area contributed by atoms with Crippen LogP contribution in [0.25, 0.3) is 0 Å². The molecule has 0 spiro atoms. The third-order valence-corrected chi connectivity index (χ3v) is 6.52. The SMILES string of the molecule is CCCCCOP(=O)([O-])CCCC.CCCCCOP(=O)([O-])CCCC.[Zn+2]. The second kappa shape index (κ2) is 21.6. The van der Waals surface area contributed by atoms with E-state index in [4.69, 9.17) is 9.05 Å². The fourth-order valence-electron chi connectivity index (χ4n) is 1.94. The maximum absolute atomic E-state index is 11.2. The van der Waals surface area contributed by atoms with Gasteiger partial charge in [-0.2, -0.15) is 0 Å². The van der Waals surface area contributed by atoms with Gasteiger partial charge in [-0.05, 0) is 25.7 Å². The van der Waals surface area contributed by atoms with E-state index in [-0.39, 0.29) is 31.8 Å². The van der Waals surface area contributed by atoms with Crippen molar-refractivity contribution in [3.05, 3.63) is 0 Å². The molecule has 0 aromatic carbocycles. The molecule has 0 aliphatic rings. The van der Waals surface area contributed by atoms with Crippen molar-refractivity contribution in [3.8, 4) is 0 Å². The summed E-state index contributed by atoms with van der Waals surface area (Å²) in [6.07, 6.45) is 9.50. The van der Waals surface area contributed by atoms with Gasteiger partial charge >= 0.3 is 19.5 Å². The van der Waals surface area contributed by atoms with Gasteiger partial charge in [0.2, 0.25) is 0 Å². The molecule has 27 heavy (non-hydrogen) atoms. The third kappa shape index (κ3) is 26.9. The van der Waals surface area contributed by atoms with E-state index < -0.39 is 15.2 Å². The molecular formula is C18H40O6P2Zn. The van der Waals surface area contributed by atoms with Gasteiger partial charge in [0.15, 0.2) is 0 Å². The fraction of sp³-hybridized carbons (Fsp3) is 1.00. The Kier molecular flexibility index (Phi) is 26.1. The summed E-state index contributed by atoms with van der Waals surface area (Å²) in [5, 5.41) is 0. The number of hydrogen-bond acceptors (Lipinski definition) is 6. The first kappa shape index (κ1) is 32.6. The van der Waals surface area contributed by atoms with E-state index in [9.17, 15) is 18.9 Å². The van der Waals surface area contributed by atoms with Gasteiger partial charge in [0, 0.05) is 12.3 Å². The molecule has 0 amide bonds. The molecule has 0 saturated heterocycles. The van der Waals surface area contributed by atoms with Crippen LogP contribution < -0.4 is 9.79 Å². The smallest absolute Gasteiger partial charge is 0.778 e. The average molecular weight is 480 g/mol. The number of rotatable bonds is 16. The van der Waals surface area contributed by atoms with E-state index in [2.05, 4.69) is 13.8 Å². The maximum Gasteiger partial charge on any atom is 2.00 e. The van der Waals surface area contributed by atoms with Crippen molar-refractivity contribution in [2.45, 2.75) is 91.9 Å². The molecule has 0 aromatic rings. The standard InChI is InChI=1S/2C9H21O3P.Zn/c2*1-3-5-7-8-12-13(10,11)9-6-4-2;/h2*3-9H2,1-2H3,(H,10,11);/q;;+2/p-2. The minimum atomic E-state index is -3.50. The maximum atomic E-state index is 11.2. The summed E-state index contributed by atoms with van der Waals surface area (Å²) in [5.74, 6) is 0. The summed E-state index contributed by atoms with van der Waals surface area (Å²) >= 11 is 0. The molecule has 0 saturated carbocycles. The Balaban J connectivity index is -0.000000411. The Hall–Kier alpha value is 0.923. The Morgan fingerprint density at radius 1 is 0.593 bits per heavy atom. The van der Waals surface area contributed by atoms with E-state index in [0.717, 1.165) is 51.4 Å². The third-order valence-electron chi connectivity index (χ3n) is 3.64. The second-order valence-electron chi connectivity index (χ2n) is 6.46. The van der Waals surface area contributed by atoms with Gasteiger partial charge in [-0.3, -0.25) is 0 Å². The molecule has 0 radical (unpaired) electrons. The second-order valence-corrected chi connectivity index (χ2v) is 10.3. The zero-order valence-corrected chi connectivity index (χ0v) is 22.7. The molecule has 2 atom stereocenters. The van der Waals surface area contributed by atoms with Crippen LogP contribution in [0.15, 0.2) is 0 Å². The Bertz CT molecular complexity index is 360. The van der Waals surface area contributed by atoms with Crippen LogP contribution in [0.3, 0.4) is 0 Å². The summed E-state index contributed by atoms with van der Waals surface area (Å²) in [7, 11) is -7.00. The average Bonchev–Trinajstić information content (AvgIpc) is 2.60. The van der Waals surface area contributed by atoms with Crippen molar-refractivity contribution < 1.29 is 47.4 Å². The summed E-state index contributed by atoms with van der Waals surface area (Å²) < 4.78 is 32.0. The van der Waals surface area contributed by atoms with E-state index in [1.165, 1.54) is 0 Å². The monoisotopic (exact) mass is 478 g/mol. The molecule has 9 heteroatoms. The van der Waals surface area contributed by atoms with Crippen molar-refractivity contribution in [3.63, 3.8) is 0 Å². The Labute approximate surface area is 180 Å². The first-order valence-electron chi connectivity index (χ1n) is 10.1. The van der Waals surface area contributed by atoms with Crippen molar-refractivity contribution in [2.75, 3.05) is 25.5 Å². The molecule has 160 valence electrons. The summed E-state index contributed by atoms with van der Waals surface area (Å²) in [5.41, 5.74) is 0. The fourth-order valence-corrected chi connectivity index (χ4v) is 4.42. The summed E-state index contributed by atoms with van der Waals surface area (Å²) in [6.45, 7) is 8.81. The van der Waals surface area contributed by atoms with Crippen LogP contribution >= 0.6 is 15.2 Å². The molecule has 0 heterocycles. The molecule has 0 bridgehead atoms. The molecule has 0 fully saturated rings. The van der Waals surface area contributed by atoms with Crippen LogP contribution in [0.1, 0.15) is 91.9 Å². The van der Waals surface area contributed by atoms with Crippen LogP contribution in [-0.4, -0.2) is 25.5 Å². The quantitative estimate of drug-likeness (QED) is 0.174. The molecule has 0 N–H and O–H groups in total. The van der Waals surface area contributed by atoms with E-state index >= 15 is 0 Å². The van der Waals surface area contributed by atoms with Crippen LogP contribution in [0.4, 0.5) is 0 Å². The number of unbranched alkanes of at least 4 members (excludes halogenated alkanes) is 6. The predicted molar refractivity (Wildman–Crippen MR) is 106 cm³/mol. The minimum absolute atomic E-state index is 0. The van der Waals surface area contributed by atoms with Crippen LogP contribution in [-0.2, 0) is 37.7 Å². The predicted octanol–water partition coefficient (Wildman–Crippen LogP) is 5.09. The van der Waals surface area contributed by atoms with Gasteiger partial charge in [0.1, 0.15) is 15.2 Å².